The van der Waals surface area contributed by atoms with Gasteiger partial charge in [0.25, 0.3) is 0 Å². The van der Waals surface area contributed by atoms with Crippen molar-refractivity contribution in [2.45, 2.75) is 33.2 Å². The van der Waals surface area contributed by atoms with E-state index < -0.39 is 0 Å². The first kappa shape index (κ1) is 11.5. The molecule has 0 heterocycles. The normalized spacial score (nSPS) is 15.2. The van der Waals surface area contributed by atoms with E-state index in [1.165, 1.54) is 0 Å². The molecule has 78 valence electrons. The van der Waals surface area contributed by atoms with Crippen LogP contribution in [0.1, 0.15) is 37.4 Å². The monoisotopic (exact) mass is 211 g/mol. The second-order valence-corrected chi connectivity index (χ2v) is 4.33. The summed E-state index contributed by atoms with van der Waals surface area (Å²) in [6.45, 7) is 6.32. The van der Waals surface area contributed by atoms with E-state index in [-0.39, 0.29) is 6.04 Å². The van der Waals surface area contributed by atoms with Gasteiger partial charge in [0.1, 0.15) is 0 Å². The molecular weight excluding hydrogens is 194 g/mol. The van der Waals surface area contributed by atoms with Crippen LogP contribution in [0.5, 0.6) is 0 Å². The molecule has 1 rings (SSSR count). The van der Waals surface area contributed by atoms with Gasteiger partial charge in [0.2, 0.25) is 0 Å². The van der Waals surface area contributed by atoms with Crippen LogP contribution in [0.3, 0.4) is 0 Å². The molecule has 0 aliphatic rings. The molecule has 0 aliphatic carbocycles. The molecule has 0 fully saturated rings. The van der Waals surface area contributed by atoms with Crippen molar-refractivity contribution in [3.05, 3.63) is 34.3 Å². The van der Waals surface area contributed by atoms with E-state index in [1.54, 1.807) is 0 Å². The summed E-state index contributed by atoms with van der Waals surface area (Å²) < 4.78 is 0. The van der Waals surface area contributed by atoms with Crippen LogP contribution >= 0.6 is 11.6 Å². The SMILES string of the molecule is CCC(C)C(N)c1ccc(C)c(Cl)c1. The average molecular weight is 212 g/mol. The van der Waals surface area contributed by atoms with Gasteiger partial charge in [-0.3, -0.25) is 0 Å². The van der Waals surface area contributed by atoms with Gasteiger partial charge in [-0.2, -0.15) is 0 Å². The van der Waals surface area contributed by atoms with Gasteiger partial charge >= 0.3 is 0 Å². The third-order valence-electron chi connectivity index (χ3n) is 2.84. The molecule has 1 nitrogen and oxygen atoms in total. The Balaban J connectivity index is 2.91. The van der Waals surface area contributed by atoms with Gasteiger partial charge in [-0.1, -0.05) is 44.0 Å². The van der Waals surface area contributed by atoms with Crippen molar-refractivity contribution in [2.24, 2.45) is 11.7 Å². The van der Waals surface area contributed by atoms with Crippen LogP contribution in [0.15, 0.2) is 18.2 Å². The van der Waals surface area contributed by atoms with Crippen LogP contribution in [0, 0.1) is 12.8 Å². The van der Waals surface area contributed by atoms with Crippen LogP contribution in [-0.2, 0) is 0 Å². The summed E-state index contributed by atoms with van der Waals surface area (Å²) in [5.41, 5.74) is 8.35. The summed E-state index contributed by atoms with van der Waals surface area (Å²) in [5.74, 6) is 0.494. The predicted molar refractivity (Wildman–Crippen MR) is 62.6 cm³/mol. The smallest absolute Gasteiger partial charge is 0.0438 e. The first-order valence-corrected chi connectivity index (χ1v) is 5.45. The molecule has 1 aromatic rings. The highest BCUT2D eigenvalue weighted by molar-refractivity contribution is 6.31. The Kier molecular flexibility index (Phi) is 3.97. The highest BCUT2D eigenvalue weighted by atomic mass is 35.5. The highest BCUT2D eigenvalue weighted by Gasteiger charge is 2.13. The van der Waals surface area contributed by atoms with Gasteiger partial charge < -0.3 is 5.73 Å². The Morgan fingerprint density at radius 1 is 1.43 bits per heavy atom. The first-order chi connectivity index (χ1) is 6.56. The maximum atomic E-state index is 6.11. The van der Waals surface area contributed by atoms with Crippen molar-refractivity contribution in [3.8, 4) is 0 Å². The minimum Gasteiger partial charge on any atom is -0.324 e. The third-order valence-corrected chi connectivity index (χ3v) is 3.24. The Bertz CT molecular complexity index is 309. The lowest BCUT2D eigenvalue weighted by atomic mass is 9.93. The molecule has 2 N–H and O–H groups in total. The van der Waals surface area contributed by atoms with Crippen LogP contribution in [0.2, 0.25) is 5.02 Å². The number of halogens is 1. The molecule has 0 bridgehead atoms. The number of nitrogens with two attached hydrogens (primary N) is 1. The van der Waals surface area contributed by atoms with E-state index in [0.29, 0.717) is 5.92 Å². The molecule has 0 amide bonds. The van der Waals surface area contributed by atoms with E-state index in [9.17, 15) is 0 Å². The summed E-state index contributed by atoms with van der Waals surface area (Å²) >= 11 is 6.05. The van der Waals surface area contributed by atoms with Crippen molar-refractivity contribution in [1.82, 2.24) is 0 Å². The molecule has 0 saturated heterocycles. The molecule has 0 radical (unpaired) electrons. The van der Waals surface area contributed by atoms with Gasteiger partial charge in [-0.25, -0.2) is 0 Å². The highest BCUT2D eigenvalue weighted by Crippen LogP contribution is 2.25. The summed E-state index contributed by atoms with van der Waals surface area (Å²) in [4.78, 5) is 0. The number of rotatable bonds is 3. The van der Waals surface area contributed by atoms with Gasteiger partial charge in [0, 0.05) is 11.1 Å². The van der Waals surface area contributed by atoms with Gasteiger partial charge in [0.05, 0.1) is 0 Å². The molecule has 2 atom stereocenters. The zero-order valence-electron chi connectivity index (χ0n) is 9.05. The molecule has 14 heavy (non-hydrogen) atoms. The summed E-state index contributed by atoms with van der Waals surface area (Å²) in [6.07, 6.45) is 1.09. The van der Waals surface area contributed by atoms with Gasteiger partial charge in [0.15, 0.2) is 0 Å². The number of hydrogen-bond donors (Lipinski definition) is 1. The fourth-order valence-corrected chi connectivity index (χ4v) is 1.59. The predicted octanol–water partition coefficient (Wildman–Crippen LogP) is 3.69. The Labute approximate surface area is 91.3 Å². The van der Waals surface area contributed by atoms with Crippen molar-refractivity contribution < 1.29 is 0 Å². The minimum atomic E-state index is 0.0955. The van der Waals surface area contributed by atoms with Crippen molar-refractivity contribution >= 4 is 11.6 Å². The van der Waals surface area contributed by atoms with Crippen molar-refractivity contribution in [3.63, 3.8) is 0 Å². The standard InChI is InChI=1S/C12H18ClN/c1-4-8(2)12(14)10-6-5-9(3)11(13)7-10/h5-8,12H,4,14H2,1-3H3. The topological polar surface area (TPSA) is 26.0 Å². The fourth-order valence-electron chi connectivity index (χ4n) is 1.40. The maximum Gasteiger partial charge on any atom is 0.0438 e. The quantitative estimate of drug-likeness (QED) is 0.811. The molecule has 0 saturated carbocycles. The average Bonchev–Trinajstić information content (AvgIpc) is 2.20. The lowest BCUT2D eigenvalue weighted by Crippen LogP contribution is -2.18. The van der Waals surface area contributed by atoms with Crippen molar-refractivity contribution in [1.29, 1.82) is 0 Å². The van der Waals surface area contributed by atoms with Gasteiger partial charge in [-0.15, -0.1) is 0 Å². The summed E-state index contributed by atoms with van der Waals surface area (Å²) in [7, 11) is 0. The van der Waals surface area contributed by atoms with E-state index >= 15 is 0 Å². The number of benzene rings is 1. The van der Waals surface area contributed by atoms with E-state index in [0.717, 1.165) is 22.6 Å². The fraction of sp³-hybridized carbons (Fsp3) is 0.500. The third kappa shape index (κ3) is 2.49. The van der Waals surface area contributed by atoms with Crippen LogP contribution in [-0.4, -0.2) is 0 Å². The Morgan fingerprint density at radius 2 is 2.07 bits per heavy atom. The Morgan fingerprint density at radius 3 is 2.57 bits per heavy atom. The second kappa shape index (κ2) is 4.81. The zero-order valence-corrected chi connectivity index (χ0v) is 9.81. The zero-order chi connectivity index (χ0) is 10.7. The molecule has 0 aromatic heterocycles. The van der Waals surface area contributed by atoms with Crippen molar-refractivity contribution in [2.75, 3.05) is 0 Å². The first-order valence-electron chi connectivity index (χ1n) is 5.08. The van der Waals surface area contributed by atoms with E-state index in [4.69, 9.17) is 17.3 Å². The van der Waals surface area contributed by atoms with Crippen LogP contribution < -0.4 is 5.73 Å². The summed E-state index contributed by atoms with van der Waals surface area (Å²) in [5, 5.41) is 0.807. The largest absolute Gasteiger partial charge is 0.324 e. The molecule has 2 heteroatoms. The van der Waals surface area contributed by atoms with E-state index in [1.807, 2.05) is 19.1 Å². The minimum absolute atomic E-state index is 0.0955. The van der Waals surface area contributed by atoms with Gasteiger partial charge in [-0.05, 0) is 30.0 Å². The summed E-state index contributed by atoms with van der Waals surface area (Å²) in [6, 6.07) is 6.17. The Hall–Kier alpha value is -0.530. The lowest BCUT2D eigenvalue weighted by Gasteiger charge is -2.19. The van der Waals surface area contributed by atoms with Crippen LogP contribution in [0.25, 0.3) is 0 Å². The second-order valence-electron chi connectivity index (χ2n) is 3.92. The molecule has 2 unspecified atom stereocenters. The molecule has 0 aliphatic heterocycles. The molecule has 0 spiro atoms. The molecule has 1 aromatic carbocycles. The molecular formula is C12H18ClN. The lowest BCUT2D eigenvalue weighted by molar-refractivity contribution is 0.457. The number of hydrogen-bond acceptors (Lipinski definition) is 1. The number of aryl methyl sites for hydroxylation is 1. The maximum absolute atomic E-state index is 6.11. The van der Waals surface area contributed by atoms with E-state index in [2.05, 4.69) is 19.9 Å². The van der Waals surface area contributed by atoms with Crippen LogP contribution in [0.4, 0.5) is 0 Å².